The topological polar surface area (TPSA) is 70.2 Å². The maximum absolute atomic E-state index is 10.8. The normalized spacial score (nSPS) is 20.4. The van der Waals surface area contributed by atoms with Crippen LogP contribution in [-0.4, -0.2) is 20.1 Å². The van der Waals surface area contributed by atoms with Crippen molar-refractivity contribution in [2.24, 2.45) is 0 Å². The first-order chi connectivity index (χ1) is 10.4. The van der Waals surface area contributed by atoms with E-state index < -0.39 is 10.5 Å². The van der Waals surface area contributed by atoms with Gasteiger partial charge in [0.2, 0.25) is 0 Å². The van der Waals surface area contributed by atoms with E-state index in [0.29, 0.717) is 13.0 Å². The summed E-state index contributed by atoms with van der Waals surface area (Å²) < 4.78 is 8.70. The van der Waals surface area contributed by atoms with Crippen LogP contribution in [0.4, 0.5) is 5.82 Å². The second-order valence-electron chi connectivity index (χ2n) is 5.19. The van der Waals surface area contributed by atoms with Crippen LogP contribution < -0.4 is 4.74 Å². The molecule has 7 heteroatoms. The van der Waals surface area contributed by atoms with Gasteiger partial charge < -0.3 is 14.9 Å². The van der Waals surface area contributed by atoms with Crippen LogP contribution in [0.2, 0.25) is 0 Å². The molecule has 6 nitrogen and oxygen atoms in total. The summed E-state index contributed by atoms with van der Waals surface area (Å²) in [6, 6.07) is 0.264. The predicted octanol–water partition coefficient (Wildman–Crippen LogP) is 4.13. The molecule has 0 aliphatic carbocycles. The zero-order valence-electron chi connectivity index (χ0n) is 12.4. The Morgan fingerprint density at radius 2 is 2.41 bits per heavy atom. The van der Waals surface area contributed by atoms with Crippen LogP contribution in [0.5, 0.6) is 6.01 Å². The van der Waals surface area contributed by atoms with Crippen molar-refractivity contribution in [2.75, 3.05) is 0 Å². The fourth-order valence-electron chi connectivity index (χ4n) is 2.46. The SMILES string of the molecule is C=CCC1(C(=C)CC/C(Br)=C\C)Cn2cc([N+](=O)[O-])nc2O1. The van der Waals surface area contributed by atoms with E-state index in [2.05, 4.69) is 34.1 Å². The lowest BCUT2D eigenvalue weighted by molar-refractivity contribution is -0.389. The maximum atomic E-state index is 10.8. The lowest BCUT2D eigenvalue weighted by Crippen LogP contribution is -2.37. The lowest BCUT2D eigenvalue weighted by Gasteiger charge is -2.28. The third kappa shape index (κ3) is 3.14. The van der Waals surface area contributed by atoms with Crippen molar-refractivity contribution in [1.82, 2.24) is 9.55 Å². The molecule has 0 saturated heterocycles. The first kappa shape index (κ1) is 16.5. The highest BCUT2D eigenvalue weighted by Crippen LogP contribution is 2.39. The number of imidazole rings is 1. The highest BCUT2D eigenvalue weighted by molar-refractivity contribution is 9.11. The number of fused-ring (bicyclic) bond motifs is 1. The average Bonchev–Trinajstić information content (AvgIpc) is 3.01. The summed E-state index contributed by atoms with van der Waals surface area (Å²) in [7, 11) is 0. The van der Waals surface area contributed by atoms with Crippen LogP contribution in [0.3, 0.4) is 0 Å². The smallest absolute Gasteiger partial charge is 0.415 e. The molecule has 1 unspecified atom stereocenters. The fraction of sp³-hybridized carbons (Fsp3) is 0.400. The van der Waals surface area contributed by atoms with Crippen molar-refractivity contribution < 1.29 is 9.66 Å². The molecule has 1 aliphatic rings. The molecule has 2 rings (SSSR count). The molecule has 0 fully saturated rings. The summed E-state index contributed by atoms with van der Waals surface area (Å²) >= 11 is 3.48. The molecule has 1 atom stereocenters. The van der Waals surface area contributed by atoms with Crippen molar-refractivity contribution in [3.05, 3.63) is 51.7 Å². The molecule has 0 N–H and O–H groups in total. The van der Waals surface area contributed by atoms with Gasteiger partial charge in [-0.3, -0.25) is 4.57 Å². The summed E-state index contributed by atoms with van der Waals surface area (Å²) in [5, 5.41) is 10.8. The summed E-state index contributed by atoms with van der Waals surface area (Å²) in [4.78, 5) is 14.1. The minimum absolute atomic E-state index is 0.204. The van der Waals surface area contributed by atoms with Gasteiger partial charge >= 0.3 is 11.8 Å². The van der Waals surface area contributed by atoms with Gasteiger partial charge in [0.15, 0.2) is 5.60 Å². The first-order valence-electron chi connectivity index (χ1n) is 6.92. The standard InChI is InChI=1S/C15H18BrN3O3/c1-4-8-15(11(3)6-7-12(16)5-2)10-18-9-13(19(20)21)17-14(18)22-15/h4-5,9H,1,3,6-8,10H2,2H3/b12-5+. The summed E-state index contributed by atoms with van der Waals surface area (Å²) in [5.41, 5.74) is 0.305. The second kappa shape index (κ2) is 6.48. The van der Waals surface area contributed by atoms with Crippen LogP contribution in [0.25, 0.3) is 0 Å². The molecule has 0 radical (unpaired) electrons. The highest BCUT2D eigenvalue weighted by Gasteiger charge is 2.44. The molecule has 118 valence electrons. The molecule has 0 amide bonds. The third-order valence-electron chi connectivity index (χ3n) is 3.72. The summed E-state index contributed by atoms with van der Waals surface area (Å²) in [6.45, 7) is 10.4. The Balaban J connectivity index is 2.17. The number of nitro groups is 1. The summed E-state index contributed by atoms with van der Waals surface area (Å²) in [5.74, 6) is -0.204. The van der Waals surface area contributed by atoms with Crippen LogP contribution >= 0.6 is 15.9 Å². The van der Waals surface area contributed by atoms with Crippen molar-refractivity contribution in [2.45, 2.75) is 38.3 Å². The van der Waals surface area contributed by atoms with Gasteiger partial charge in [-0.15, -0.1) is 6.58 Å². The minimum atomic E-state index is -0.625. The van der Waals surface area contributed by atoms with E-state index in [1.807, 2.05) is 13.0 Å². The molecular formula is C15H18BrN3O3. The maximum Gasteiger partial charge on any atom is 0.415 e. The van der Waals surface area contributed by atoms with Crippen molar-refractivity contribution >= 4 is 21.7 Å². The average molecular weight is 368 g/mol. The largest absolute Gasteiger partial charge is 0.432 e. The van der Waals surface area contributed by atoms with Gasteiger partial charge in [0.1, 0.15) is 6.20 Å². The monoisotopic (exact) mass is 367 g/mol. The zero-order chi connectivity index (χ0) is 16.3. The van der Waals surface area contributed by atoms with E-state index in [0.717, 1.165) is 22.9 Å². The number of hydrogen-bond donors (Lipinski definition) is 0. The minimum Gasteiger partial charge on any atom is -0.432 e. The Morgan fingerprint density at radius 1 is 1.68 bits per heavy atom. The third-order valence-corrected chi connectivity index (χ3v) is 4.58. The van der Waals surface area contributed by atoms with E-state index in [1.165, 1.54) is 6.20 Å². The highest BCUT2D eigenvalue weighted by atomic mass is 79.9. The van der Waals surface area contributed by atoms with Gasteiger partial charge in [0.25, 0.3) is 0 Å². The Labute approximate surface area is 137 Å². The molecule has 0 aromatic carbocycles. The van der Waals surface area contributed by atoms with Gasteiger partial charge in [-0.2, -0.15) is 0 Å². The number of allylic oxidation sites excluding steroid dienone is 2. The van der Waals surface area contributed by atoms with Crippen LogP contribution in [0.1, 0.15) is 26.2 Å². The van der Waals surface area contributed by atoms with Crippen LogP contribution in [0.15, 0.2) is 41.6 Å². The van der Waals surface area contributed by atoms with E-state index in [9.17, 15) is 10.1 Å². The molecule has 22 heavy (non-hydrogen) atoms. The Bertz CT molecular complexity index is 625. The first-order valence-corrected chi connectivity index (χ1v) is 7.71. The Kier molecular flexibility index (Phi) is 4.85. The molecular weight excluding hydrogens is 350 g/mol. The number of hydrogen-bond acceptors (Lipinski definition) is 4. The fourth-order valence-corrected chi connectivity index (χ4v) is 2.66. The van der Waals surface area contributed by atoms with E-state index in [4.69, 9.17) is 4.74 Å². The molecule has 0 bridgehead atoms. The van der Waals surface area contributed by atoms with E-state index in [-0.39, 0.29) is 11.8 Å². The van der Waals surface area contributed by atoms with E-state index >= 15 is 0 Å². The van der Waals surface area contributed by atoms with Crippen LogP contribution in [0, 0.1) is 10.1 Å². The van der Waals surface area contributed by atoms with Gasteiger partial charge in [0, 0.05) is 11.4 Å². The Hall–Kier alpha value is -1.89. The number of rotatable bonds is 7. The van der Waals surface area contributed by atoms with Gasteiger partial charge in [-0.05, 0) is 34.7 Å². The second-order valence-corrected chi connectivity index (χ2v) is 6.21. The molecule has 0 saturated carbocycles. The van der Waals surface area contributed by atoms with Crippen molar-refractivity contribution in [3.8, 4) is 6.01 Å². The molecule has 1 aromatic rings. The van der Waals surface area contributed by atoms with Gasteiger partial charge in [-0.25, -0.2) is 0 Å². The number of nitrogens with zero attached hydrogens (tertiary/aromatic N) is 3. The van der Waals surface area contributed by atoms with Crippen molar-refractivity contribution in [1.29, 1.82) is 0 Å². The van der Waals surface area contributed by atoms with Gasteiger partial charge in [0.05, 0.1) is 6.54 Å². The molecule has 2 heterocycles. The number of ether oxygens (including phenoxy) is 1. The lowest BCUT2D eigenvalue weighted by atomic mass is 9.88. The molecule has 0 spiro atoms. The van der Waals surface area contributed by atoms with Crippen LogP contribution in [-0.2, 0) is 6.54 Å². The number of aromatic nitrogens is 2. The predicted molar refractivity (Wildman–Crippen MR) is 88.1 cm³/mol. The van der Waals surface area contributed by atoms with E-state index in [1.54, 1.807) is 10.6 Å². The molecule has 1 aromatic heterocycles. The zero-order valence-corrected chi connectivity index (χ0v) is 14.0. The molecule has 1 aliphatic heterocycles. The number of halogens is 1. The van der Waals surface area contributed by atoms with Gasteiger partial charge in [-0.1, -0.05) is 34.7 Å². The quantitative estimate of drug-likeness (QED) is 0.412. The Morgan fingerprint density at radius 3 is 2.95 bits per heavy atom. The summed E-state index contributed by atoms with van der Waals surface area (Å²) in [6.07, 6.45) is 7.34. The van der Waals surface area contributed by atoms with Crippen molar-refractivity contribution in [3.63, 3.8) is 0 Å².